The van der Waals surface area contributed by atoms with Gasteiger partial charge in [-0.05, 0) is 44.1 Å². The monoisotopic (exact) mass is 424 g/mol. The quantitative estimate of drug-likeness (QED) is 0.244. The molecule has 0 aromatic rings. The third-order valence-electron chi connectivity index (χ3n) is 5.01. The molecule has 1 rings (SSSR count). The molecule has 0 spiro atoms. The summed E-state index contributed by atoms with van der Waals surface area (Å²) in [6.45, 7) is 5.43. The van der Waals surface area contributed by atoms with Gasteiger partial charge in [0.1, 0.15) is 12.2 Å². The topological polar surface area (TPSA) is 158 Å². The van der Waals surface area contributed by atoms with Gasteiger partial charge >= 0.3 is 17.9 Å². The second-order valence-electron chi connectivity index (χ2n) is 8.26. The third-order valence-corrected chi connectivity index (χ3v) is 5.01. The highest BCUT2D eigenvalue weighted by molar-refractivity contribution is 5.93. The number of esters is 1. The summed E-state index contributed by atoms with van der Waals surface area (Å²) >= 11 is 0. The van der Waals surface area contributed by atoms with Gasteiger partial charge in [-0.1, -0.05) is 13.0 Å². The van der Waals surface area contributed by atoms with Crippen LogP contribution < -0.4 is 0 Å². The smallest absolute Gasteiger partial charge is 0.328 e. The molecule has 9 nitrogen and oxygen atoms in total. The molecule has 4 N–H and O–H groups in total. The van der Waals surface area contributed by atoms with Gasteiger partial charge < -0.3 is 25.2 Å². The highest BCUT2D eigenvalue weighted by Crippen LogP contribution is 2.45. The van der Waals surface area contributed by atoms with Crippen LogP contribution in [0.4, 0.5) is 0 Å². The van der Waals surface area contributed by atoms with Crippen molar-refractivity contribution in [2.24, 2.45) is 5.41 Å². The summed E-state index contributed by atoms with van der Waals surface area (Å²) in [6.07, 6.45) is 3.62. The molecule has 30 heavy (non-hydrogen) atoms. The van der Waals surface area contributed by atoms with Crippen LogP contribution in [0, 0.1) is 5.41 Å². The fraction of sp³-hybridized carbons (Fsp3) is 0.524. The zero-order valence-electron chi connectivity index (χ0n) is 17.5. The molecule has 0 radical (unpaired) electrons. The van der Waals surface area contributed by atoms with Crippen LogP contribution in [0.1, 0.15) is 47.0 Å². The number of hydrogen-bond donors (Lipinski definition) is 4. The molecule has 3 atom stereocenters. The third kappa shape index (κ3) is 6.64. The van der Waals surface area contributed by atoms with E-state index < -0.39 is 47.4 Å². The van der Waals surface area contributed by atoms with E-state index in [1.165, 1.54) is 39.0 Å². The van der Waals surface area contributed by atoms with E-state index in [1.807, 2.05) is 0 Å². The predicted molar refractivity (Wildman–Crippen MR) is 105 cm³/mol. The summed E-state index contributed by atoms with van der Waals surface area (Å²) in [5, 5.41) is 38.9. The SMILES string of the molecule is CC1=CC(=O)C[C@](C)(COC(=O)CC(C)(O)CC(=O)O)[C@@]1(O)/C=C/C(C)=C/C(=O)O. The fourth-order valence-corrected chi connectivity index (χ4v) is 3.38. The second-order valence-corrected chi connectivity index (χ2v) is 8.26. The fourth-order valence-electron chi connectivity index (χ4n) is 3.38. The van der Waals surface area contributed by atoms with Gasteiger partial charge in [0.2, 0.25) is 0 Å². The van der Waals surface area contributed by atoms with E-state index in [0.29, 0.717) is 11.1 Å². The van der Waals surface area contributed by atoms with Gasteiger partial charge in [0, 0.05) is 17.9 Å². The number of allylic oxidation sites excluding steroid dienone is 3. The van der Waals surface area contributed by atoms with Crippen molar-refractivity contribution < 1.29 is 44.3 Å². The van der Waals surface area contributed by atoms with Crippen molar-refractivity contribution in [1.29, 1.82) is 0 Å². The Bertz CT molecular complexity index is 818. The lowest BCUT2D eigenvalue weighted by Crippen LogP contribution is -2.52. The largest absolute Gasteiger partial charge is 0.481 e. The number of hydrogen-bond acceptors (Lipinski definition) is 7. The Kier molecular flexibility index (Phi) is 7.88. The number of carbonyl (C=O) groups is 4. The van der Waals surface area contributed by atoms with Crippen LogP contribution in [-0.4, -0.2) is 61.9 Å². The van der Waals surface area contributed by atoms with Gasteiger partial charge in [0.05, 0.1) is 18.4 Å². The van der Waals surface area contributed by atoms with E-state index in [-0.39, 0.29) is 18.8 Å². The standard InChI is InChI=1S/C21H28O9/c1-13(7-16(23)24)5-6-21(29)14(2)8-15(22)9-19(21,3)12-30-18(27)11-20(4,28)10-17(25)26/h5-8,28-29H,9-12H2,1-4H3,(H,23,24)(H,25,26)/b6-5+,13-7+/t19-,20?,21-/m1/s1. The molecule has 0 heterocycles. The maximum absolute atomic E-state index is 12.1. The zero-order chi connectivity index (χ0) is 23.3. The first-order valence-corrected chi connectivity index (χ1v) is 9.24. The Balaban J connectivity index is 3.08. The number of rotatable bonds is 9. The summed E-state index contributed by atoms with van der Waals surface area (Å²) < 4.78 is 5.19. The van der Waals surface area contributed by atoms with Gasteiger partial charge in [0.25, 0.3) is 0 Å². The van der Waals surface area contributed by atoms with Crippen LogP contribution in [0.15, 0.2) is 35.5 Å². The number of carbonyl (C=O) groups excluding carboxylic acids is 2. The highest BCUT2D eigenvalue weighted by Gasteiger charge is 2.51. The first-order valence-electron chi connectivity index (χ1n) is 9.24. The molecule has 166 valence electrons. The van der Waals surface area contributed by atoms with Crippen LogP contribution in [-0.2, 0) is 23.9 Å². The van der Waals surface area contributed by atoms with Crippen LogP contribution in [0.25, 0.3) is 0 Å². The van der Waals surface area contributed by atoms with Crippen molar-refractivity contribution in [2.45, 2.75) is 58.2 Å². The molecule has 1 aliphatic carbocycles. The molecule has 0 amide bonds. The number of carboxylic acids is 2. The first kappa shape index (κ1) is 25.3. The Hall–Kier alpha value is -2.78. The molecule has 0 fully saturated rings. The van der Waals surface area contributed by atoms with Gasteiger partial charge in [-0.2, -0.15) is 0 Å². The van der Waals surface area contributed by atoms with Gasteiger partial charge in [-0.3, -0.25) is 14.4 Å². The van der Waals surface area contributed by atoms with Crippen LogP contribution >= 0.6 is 0 Å². The number of aliphatic hydroxyl groups is 2. The number of aliphatic carboxylic acids is 2. The van der Waals surface area contributed by atoms with Crippen molar-refractivity contribution >= 4 is 23.7 Å². The van der Waals surface area contributed by atoms with Crippen LogP contribution in [0.5, 0.6) is 0 Å². The summed E-state index contributed by atoms with van der Waals surface area (Å²) in [5.74, 6) is -3.58. The lowest BCUT2D eigenvalue weighted by Gasteiger charge is -2.45. The summed E-state index contributed by atoms with van der Waals surface area (Å²) in [4.78, 5) is 45.8. The maximum Gasteiger partial charge on any atom is 0.328 e. The average Bonchev–Trinajstić information content (AvgIpc) is 2.54. The maximum atomic E-state index is 12.1. The van der Waals surface area contributed by atoms with E-state index in [2.05, 4.69) is 0 Å². The molecule has 0 aromatic carbocycles. The van der Waals surface area contributed by atoms with Crippen molar-refractivity contribution in [2.75, 3.05) is 6.61 Å². The van der Waals surface area contributed by atoms with Crippen molar-refractivity contribution in [1.82, 2.24) is 0 Å². The van der Waals surface area contributed by atoms with Crippen LogP contribution in [0.2, 0.25) is 0 Å². The highest BCUT2D eigenvalue weighted by atomic mass is 16.5. The summed E-state index contributed by atoms with van der Waals surface area (Å²) in [6, 6.07) is 0. The molecular formula is C21H28O9. The molecular weight excluding hydrogens is 396 g/mol. The van der Waals surface area contributed by atoms with E-state index in [1.54, 1.807) is 6.92 Å². The van der Waals surface area contributed by atoms with E-state index in [4.69, 9.17) is 14.9 Å². The molecule has 0 bridgehead atoms. The molecule has 0 aliphatic heterocycles. The predicted octanol–water partition coefficient (Wildman–Crippen LogP) is 1.39. The Morgan fingerprint density at radius 2 is 1.87 bits per heavy atom. The van der Waals surface area contributed by atoms with Gasteiger partial charge in [-0.15, -0.1) is 0 Å². The number of ether oxygens (including phenoxy) is 1. The number of carboxylic acid groups (broad SMARTS) is 2. The Morgan fingerprint density at radius 3 is 2.40 bits per heavy atom. The second kappa shape index (κ2) is 9.36. The van der Waals surface area contributed by atoms with Crippen molar-refractivity contribution in [3.63, 3.8) is 0 Å². The Morgan fingerprint density at radius 1 is 1.27 bits per heavy atom. The lowest BCUT2D eigenvalue weighted by atomic mass is 9.63. The van der Waals surface area contributed by atoms with E-state index in [0.717, 1.165) is 6.08 Å². The summed E-state index contributed by atoms with van der Waals surface area (Å²) in [7, 11) is 0. The van der Waals surface area contributed by atoms with E-state index >= 15 is 0 Å². The van der Waals surface area contributed by atoms with E-state index in [9.17, 15) is 29.4 Å². The zero-order valence-corrected chi connectivity index (χ0v) is 17.5. The molecule has 9 heteroatoms. The summed E-state index contributed by atoms with van der Waals surface area (Å²) in [5.41, 5.74) is -4.13. The van der Waals surface area contributed by atoms with Gasteiger partial charge in [0.15, 0.2) is 5.78 Å². The van der Waals surface area contributed by atoms with Crippen LogP contribution in [0.3, 0.4) is 0 Å². The number of ketones is 1. The molecule has 1 unspecified atom stereocenters. The molecule has 0 aromatic heterocycles. The molecule has 1 aliphatic rings. The molecule has 0 saturated carbocycles. The minimum absolute atomic E-state index is 0.147. The Labute approximate surface area is 174 Å². The van der Waals surface area contributed by atoms with Crippen molar-refractivity contribution in [3.8, 4) is 0 Å². The molecule has 0 saturated heterocycles. The average molecular weight is 424 g/mol. The minimum Gasteiger partial charge on any atom is -0.481 e. The normalized spacial score (nSPS) is 26.8. The van der Waals surface area contributed by atoms with Gasteiger partial charge in [-0.25, -0.2) is 4.79 Å². The first-order chi connectivity index (χ1) is 13.6. The lowest BCUT2D eigenvalue weighted by molar-refractivity contribution is -0.160. The minimum atomic E-state index is -1.81. The van der Waals surface area contributed by atoms with Crippen molar-refractivity contribution in [3.05, 3.63) is 35.5 Å².